The Morgan fingerprint density at radius 3 is 2.05 bits per heavy atom. The van der Waals surface area contributed by atoms with Crippen LogP contribution in [-0.4, -0.2) is 80.0 Å². The monoisotopic (exact) mass is 315 g/mol. The molecular formula is C15H25NO6. The van der Waals surface area contributed by atoms with Crippen LogP contribution in [0.5, 0.6) is 17.2 Å². The zero-order valence-corrected chi connectivity index (χ0v) is 13.1. The molecule has 0 unspecified atom stereocenters. The van der Waals surface area contributed by atoms with Crippen molar-refractivity contribution in [3.05, 3.63) is 18.2 Å². The molecule has 1 atom stereocenters. The molecule has 1 aromatic rings. The zero-order valence-electron chi connectivity index (χ0n) is 13.1. The number of nitrogens with zero attached hydrogens (tertiary/aromatic N) is 1. The molecule has 0 saturated carbocycles. The van der Waals surface area contributed by atoms with Crippen molar-refractivity contribution in [3.63, 3.8) is 0 Å². The van der Waals surface area contributed by atoms with Crippen LogP contribution in [0.15, 0.2) is 18.2 Å². The molecule has 22 heavy (non-hydrogen) atoms. The van der Waals surface area contributed by atoms with Gasteiger partial charge in [-0.2, -0.15) is 0 Å². The van der Waals surface area contributed by atoms with E-state index in [4.69, 9.17) is 24.4 Å². The second-order valence-corrected chi connectivity index (χ2v) is 4.70. The van der Waals surface area contributed by atoms with Gasteiger partial charge in [-0.05, 0) is 12.1 Å². The van der Waals surface area contributed by atoms with Gasteiger partial charge in [0, 0.05) is 19.6 Å². The second kappa shape index (κ2) is 10.2. The fourth-order valence-corrected chi connectivity index (χ4v) is 2.07. The SMILES string of the molecule is COc1cccc(OC)c1OC[C@@H](O)CN(CCO)CCO. The maximum Gasteiger partial charge on any atom is 0.203 e. The third-order valence-corrected chi connectivity index (χ3v) is 3.10. The van der Waals surface area contributed by atoms with E-state index in [-0.39, 0.29) is 19.8 Å². The number of rotatable bonds is 11. The molecule has 7 nitrogen and oxygen atoms in total. The smallest absolute Gasteiger partial charge is 0.203 e. The normalized spacial score (nSPS) is 12.3. The van der Waals surface area contributed by atoms with E-state index in [1.165, 1.54) is 14.2 Å². The molecular weight excluding hydrogens is 290 g/mol. The summed E-state index contributed by atoms with van der Waals surface area (Å²) in [4.78, 5) is 1.76. The zero-order chi connectivity index (χ0) is 16.4. The lowest BCUT2D eigenvalue weighted by Gasteiger charge is -2.24. The van der Waals surface area contributed by atoms with E-state index in [2.05, 4.69) is 0 Å². The number of hydrogen-bond donors (Lipinski definition) is 3. The van der Waals surface area contributed by atoms with Gasteiger partial charge in [-0.3, -0.25) is 4.90 Å². The molecule has 7 heteroatoms. The van der Waals surface area contributed by atoms with Gasteiger partial charge < -0.3 is 29.5 Å². The van der Waals surface area contributed by atoms with Gasteiger partial charge in [-0.15, -0.1) is 0 Å². The van der Waals surface area contributed by atoms with E-state index in [9.17, 15) is 5.11 Å². The summed E-state index contributed by atoms with van der Waals surface area (Å²) in [5.41, 5.74) is 0. The van der Waals surface area contributed by atoms with Crippen molar-refractivity contribution < 1.29 is 29.5 Å². The fourth-order valence-electron chi connectivity index (χ4n) is 2.07. The molecule has 0 radical (unpaired) electrons. The fraction of sp³-hybridized carbons (Fsp3) is 0.600. The van der Waals surface area contributed by atoms with Crippen molar-refractivity contribution in [2.75, 3.05) is 53.7 Å². The number of para-hydroxylation sites is 1. The highest BCUT2D eigenvalue weighted by molar-refractivity contribution is 5.51. The quantitative estimate of drug-likeness (QED) is 0.518. The van der Waals surface area contributed by atoms with Crippen LogP contribution in [0.4, 0.5) is 0 Å². The first-order valence-corrected chi connectivity index (χ1v) is 7.12. The van der Waals surface area contributed by atoms with Crippen molar-refractivity contribution in [2.45, 2.75) is 6.10 Å². The summed E-state index contributed by atoms with van der Waals surface area (Å²) in [6.07, 6.45) is -0.771. The lowest BCUT2D eigenvalue weighted by atomic mass is 10.3. The minimum absolute atomic E-state index is 0.0338. The Morgan fingerprint density at radius 2 is 1.59 bits per heavy atom. The van der Waals surface area contributed by atoms with Crippen LogP contribution in [-0.2, 0) is 0 Å². The summed E-state index contributed by atoms with van der Waals surface area (Å²) in [6, 6.07) is 5.27. The Morgan fingerprint density at radius 1 is 1.05 bits per heavy atom. The van der Waals surface area contributed by atoms with Gasteiger partial charge in [0.1, 0.15) is 12.7 Å². The molecule has 0 fully saturated rings. The van der Waals surface area contributed by atoms with Crippen LogP contribution < -0.4 is 14.2 Å². The maximum absolute atomic E-state index is 10.0. The highest BCUT2D eigenvalue weighted by atomic mass is 16.5. The van der Waals surface area contributed by atoms with Crippen molar-refractivity contribution >= 4 is 0 Å². The molecule has 3 N–H and O–H groups in total. The van der Waals surface area contributed by atoms with E-state index in [0.717, 1.165) is 0 Å². The molecule has 0 amide bonds. The number of ether oxygens (including phenoxy) is 3. The van der Waals surface area contributed by atoms with E-state index < -0.39 is 6.10 Å². The van der Waals surface area contributed by atoms with E-state index in [1.807, 2.05) is 0 Å². The van der Waals surface area contributed by atoms with Gasteiger partial charge in [0.05, 0.1) is 27.4 Å². The summed E-state index contributed by atoms with van der Waals surface area (Å²) >= 11 is 0. The molecule has 0 aliphatic rings. The Bertz CT molecular complexity index is 400. The maximum atomic E-state index is 10.0. The lowest BCUT2D eigenvalue weighted by molar-refractivity contribution is 0.0537. The predicted molar refractivity (Wildman–Crippen MR) is 81.7 cm³/mol. The molecule has 0 aliphatic heterocycles. The van der Waals surface area contributed by atoms with Gasteiger partial charge >= 0.3 is 0 Å². The first-order valence-electron chi connectivity index (χ1n) is 7.12. The van der Waals surface area contributed by atoms with Crippen LogP contribution in [0.2, 0.25) is 0 Å². The van der Waals surface area contributed by atoms with Gasteiger partial charge in [0.2, 0.25) is 5.75 Å². The molecule has 0 aliphatic carbocycles. The summed E-state index contributed by atoms with van der Waals surface area (Å²) in [7, 11) is 3.06. The van der Waals surface area contributed by atoms with Gasteiger partial charge in [0.15, 0.2) is 11.5 Å². The summed E-state index contributed by atoms with van der Waals surface area (Å²) in [6.45, 7) is 1.04. The average Bonchev–Trinajstić information content (AvgIpc) is 2.52. The molecule has 126 valence electrons. The lowest BCUT2D eigenvalue weighted by Crippen LogP contribution is -2.38. The summed E-state index contributed by atoms with van der Waals surface area (Å²) in [5.74, 6) is 1.48. The third kappa shape index (κ3) is 5.69. The predicted octanol–water partition coefficient (Wildman–Crippen LogP) is -0.270. The number of methoxy groups -OCH3 is 2. The molecule has 0 heterocycles. The van der Waals surface area contributed by atoms with Crippen molar-refractivity contribution in [1.82, 2.24) is 4.90 Å². The largest absolute Gasteiger partial charge is 0.493 e. The molecule has 0 aromatic heterocycles. The Kier molecular flexibility index (Phi) is 8.61. The number of benzene rings is 1. The highest BCUT2D eigenvalue weighted by Crippen LogP contribution is 2.36. The molecule has 0 bridgehead atoms. The van der Waals surface area contributed by atoms with Gasteiger partial charge in [-0.1, -0.05) is 6.07 Å². The molecule has 0 spiro atoms. The van der Waals surface area contributed by atoms with Crippen molar-refractivity contribution in [3.8, 4) is 17.2 Å². The van der Waals surface area contributed by atoms with E-state index in [0.29, 0.717) is 36.9 Å². The van der Waals surface area contributed by atoms with Gasteiger partial charge in [-0.25, -0.2) is 0 Å². The highest BCUT2D eigenvalue weighted by Gasteiger charge is 2.16. The molecule has 0 saturated heterocycles. The summed E-state index contributed by atoms with van der Waals surface area (Å²) < 4.78 is 16.0. The molecule has 1 aromatic carbocycles. The number of aliphatic hydroxyl groups is 3. The van der Waals surface area contributed by atoms with Crippen LogP contribution in [0.3, 0.4) is 0 Å². The van der Waals surface area contributed by atoms with Crippen LogP contribution in [0.25, 0.3) is 0 Å². The van der Waals surface area contributed by atoms with E-state index in [1.54, 1.807) is 23.1 Å². The van der Waals surface area contributed by atoms with Crippen molar-refractivity contribution in [2.24, 2.45) is 0 Å². The Labute approximate surface area is 130 Å². The van der Waals surface area contributed by atoms with Gasteiger partial charge in [0.25, 0.3) is 0 Å². The van der Waals surface area contributed by atoms with Crippen LogP contribution in [0.1, 0.15) is 0 Å². The van der Waals surface area contributed by atoms with Crippen LogP contribution in [0, 0.1) is 0 Å². The standard InChI is InChI=1S/C15H25NO6/c1-20-13-4-3-5-14(21-2)15(13)22-11-12(19)10-16(6-8-17)7-9-18/h3-5,12,17-19H,6-11H2,1-2H3/t12-/m0/s1. The second-order valence-electron chi connectivity index (χ2n) is 4.70. The summed E-state index contributed by atoms with van der Waals surface area (Å²) in [5, 5.41) is 28.0. The average molecular weight is 315 g/mol. The number of aliphatic hydroxyl groups excluding tert-OH is 3. The third-order valence-electron chi connectivity index (χ3n) is 3.10. The molecule has 1 rings (SSSR count). The Balaban J connectivity index is 2.61. The number of hydrogen-bond acceptors (Lipinski definition) is 7. The topological polar surface area (TPSA) is 91.6 Å². The van der Waals surface area contributed by atoms with Crippen molar-refractivity contribution in [1.29, 1.82) is 0 Å². The first-order chi connectivity index (χ1) is 10.7. The minimum Gasteiger partial charge on any atom is -0.493 e. The Hall–Kier alpha value is -1.54. The first kappa shape index (κ1) is 18.5. The minimum atomic E-state index is -0.771. The van der Waals surface area contributed by atoms with Crippen LogP contribution >= 0.6 is 0 Å². The van der Waals surface area contributed by atoms with E-state index >= 15 is 0 Å².